The van der Waals surface area contributed by atoms with Crippen molar-refractivity contribution in [2.24, 2.45) is 0 Å². The lowest BCUT2D eigenvalue weighted by molar-refractivity contribution is 0.0218. The Kier molecular flexibility index (Phi) is 5.27. The summed E-state index contributed by atoms with van der Waals surface area (Å²) in [5.41, 5.74) is 1.49. The zero-order valence-electron chi connectivity index (χ0n) is 15.0. The highest BCUT2D eigenvalue weighted by Crippen LogP contribution is 2.30. The number of piperidine rings is 1. The molecule has 1 aromatic heterocycles. The number of likely N-dealkylation sites (tertiary alicyclic amines) is 1. The first-order valence-corrected chi connectivity index (χ1v) is 8.85. The molecule has 136 valence electrons. The minimum absolute atomic E-state index is 0.103. The average Bonchev–Trinajstić information content (AvgIpc) is 2.92. The Labute approximate surface area is 147 Å². The highest BCUT2D eigenvalue weighted by molar-refractivity contribution is 5.82. The first-order valence-electron chi connectivity index (χ1n) is 8.85. The van der Waals surface area contributed by atoms with E-state index in [0.29, 0.717) is 31.0 Å². The first kappa shape index (κ1) is 17.7. The maximum Gasteiger partial charge on any atom is 0.317 e. The third-order valence-electron chi connectivity index (χ3n) is 4.80. The van der Waals surface area contributed by atoms with Gasteiger partial charge in [-0.3, -0.25) is 0 Å². The van der Waals surface area contributed by atoms with Crippen LogP contribution in [0.2, 0.25) is 0 Å². The standard InChI is InChI=1S/C19H25FN2O3/c1-4-24-15-7-9-22(10-8-15)19(23)21-13(3)18-12(2)16-11-14(20)5-6-17(16)25-18/h5-6,11,13,15H,4,7-10H2,1-3H3,(H,21,23)/t13-/m0/s1. The van der Waals surface area contributed by atoms with Crippen molar-refractivity contribution in [2.75, 3.05) is 19.7 Å². The van der Waals surface area contributed by atoms with E-state index in [2.05, 4.69) is 5.32 Å². The SMILES string of the molecule is CCOC1CCN(C(=O)N[C@@H](C)c2oc3ccc(F)cc3c2C)CC1. The van der Waals surface area contributed by atoms with Crippen molar-refractivity contribution >= 4 is 17.0 Å². The number of ether oxygens (including phenoxy) is 1. The van der Waals surface area contributed by atoms with Crippen LogP contribution in [0.3, 0.4) is 0 Å². The van der Waals surface area contributed by atoms with Crippen LogP contribution >= 0.6 is 0 Å². The van der Waals surface area contributed by atoms with Crippen molar-refractivity contribution in [1.82, 2.24) is 10.2 Å². The van der Waals surface area contributed by atoms with Crippen LogP contribution in [0.5, 0.6) is 0 Å². The van der Waals surface area contributed by atoms with Crippen molar-refractivity contribution in [3.63, 3.8) is 0 Å². The Morgan fingerprint density at radius 2 is 2.16 bits per heavy atom. The quantitative estimate of drug-likeness (QED) is 0.903. The number of rotatable bonds is 4. The molecule has 6 heteroatoms. The Morgan fingerprint density at radius 1 is 1.44 bits per heavy atom. The highest BCUT2D eigenvalue weighted by Gasteiger charge is 2.25. The van der Waals surface area contributed by atoms with E-state index < -0.39 is 0 Å². The topological polar surface area (TPSA) is 54.7 Å². The van der Waals surface area contributed by atoms with Gasteiger partial charge in [0.25, 0.3) is 0 Å². The molecule has 3 rings (SSSR count). The molecule has 0 radical (unpaired) electrons. The number of furan rings is 1. The predicted molar refractivity (Wildman–Crippen MR) is 94.1 cm³/mol. The molecule has 1 aliphatic rings. The second-order valence-electron chi connectivity index (χ2n) is 6.54. The van der Waals surface area contributed by atoms with Gasteiger partial charge in [-0.2, -0.15) is 0 Å². The van der Waals surface area contributed by atoms with Crippen LogP contribution in [-0.4, -0.2) is 36.7 Å². The normalized spacial score (nSPS) is 17.0. The molecular weight excluding hydrogens is 323 g/mol. The molecule has 1 aromatic carbocycles. The number of hydrogen-bond donors (Lipinski definition) is 1. The third-order valence-corrected chi connectivity index (χ3v) is 4.80. The molecule has 0 unspecified atom stereocenters. The number of fused-ring (bicyclic) bond motifs is 1. The van der Waals surface area contributed by atoms with Gasteiger partial charge in [0, 0.05) is 30.6 Å². The zero-order chi connectivity index (χ0) is 18.0. The Bertz CT molecular complexity index is 750. The molecule has 0 aliphatic carbocycles. The van der Waals surface area contributed by atoms with Crippen LogP contribution in [0, 0.1) is 12.7 Å². The molecular formula is C19H25FN2O3. The maximum atomic E-state index is 13.4. The summed E-state index contributed by atoms with van der Waals surface area (Å²) in [6.45, 7) is 7.84. The molecule has 1 atom stereocenters. The molecule has 1 N–H and O–H groups in total. The smallest absolute Gasteiger partial charge is 0.317 e. The number of nitrogens with one attached hydrogen (secondary N) is 1. The Hall–Kier alpha value is -2.08. The fourth-order valence-corrected chi connectivity index (χ4v) is 3.43. The molecule has 0 spiro atoms. The van der Waals surface area contributed by atoms with Crippen LogP contribution in [0.15, 0.2) is 22.6 Å². The van der Waals surface area contributed by atoms with E-state index >= 15 is 0 Å². The molecule has 25 heavy (non-hydrogen) atoms. The van der Waals surface area contributed by atoms with Crippen LogP contribution in [0.4, 0.5) is 9.18 Å². The predicted octanol–water partition coefficient (Wildman–Crippen LogP) is 4.15. The number of urea groups is 1. The molecule has 1 aliphatic heterocycles. The molecule has 2 aromatic rings. The highest BCUT2D eigenvalue weighted by atomic mass is 19.1. The van der Waals surface area contributed by atoms with Gasteiger partial charge in [0.15, 0.2) is 0 Å². The van der Waals surface area contributed by atoms with Crippen LogP contribution < -0.4 is 5.32 Å². The molecule has 2 amide bonds. The van der Waals surface area contributed by atoms with E-state index in [0.717, 1.165) is 23.8 Å². The van der Waals surface area contributed by atoms with Crippen molar-refractivity contribution in [3.05, 3.63) is 35.3 Å². The lowest BCUT2D eigenvalue weighted by atomic mass is 10.1. The zero-order valence-corrected chi connectivity index (χ0v) is 15.0. The number of carbonyl (C=O) groups is 1. The minimum atomic E-state index is -0.295. The average molecular weight is 348 g/mol. The summed E-state index contributed by atoms with van der Waals surface area (Å²) in [5.74, 6) is 0.370. The van der Waals surface area contributed by atoms with Crippen LogP contribution in [0.1, 0.15) is 44.1 Å². The fraction of sp³-hybridized carbons (Fsp3) is 0.526. The van der Waals surface area contributed by atoms with E-state index in [4.69, 9.17) is 9.15 Å². The van der Waals surface area contributed by atoms with Gasteiger partial charge in [-0.1, -0.05) is 0 Å². The number of benzene rings is 1. The van der Waals surface area contributed by atoms with Gasteiger partial charge in [0.05, 0.1) is 12.1 Å². The van der Waals surface area contributed by atoms with Gasteiger partial charge in [-0.05, 0) is 51.8 Å². The summed E-state index contributed by atoms with van der Waals surface area (Å²) in [6, 6.07) is 4.07. The number of nitrogens with zero attached hydrogens (tertiary/aromatic N) is 1. The summed E-state index contributed by atoms with van der Waals surface area (Å²) in [7, 11) is 0. The van der Waals surface area contributed by atoms with Gasteiger partial charge in [-0.25, -0.2) is 9.18 Å². The number of hydrogen-bond acceptors (Lipinski definition) is 3. The fourth-order valence-electron chi connectivity index (χ4n) is 3.43. The Balaban J connectivity index is 1.65. The molecule has 2 heterocycles. The molecule has 1 saturated heterocycles. The molecule has 0 saturated carbocycles. The van der Waals surface area contributed by atoms with Gasteiger partial charge < -0.3 is 19.4 Å². The van der Waals surface area contributed by atoms with Gasteiger partial charge >= 0.3 is 6.03 Å². The lowest BCUT2D eigenvalue weighted by Gasteiger charge is -2.32. The van der Waals surface area contributed by atoms with E-state index in [1.807, 2.05) is 25.7 Å². The van der Waals surface area contributed by atoms with Gasteiger partial charge in [-0.15, -0.1) is 0 Å². The van der Waals surface area contributed by atoms with E-state index in [1.54, 1.807) is 6.07 Å². The van der Waals surface area contributed by atoms with E-state index in [-0.39, 0.29) is 24.0 Å². The van der Waals surface area contributed by atoms with Crippen molar-refractivity contribution in [3.8, 4) is 0 Å². The second-order valence-corrected chi connectivity index (χ2v) is 6.54. The summed E-state index contributed by atoms with van der Waals surface area (Å²) in [5, 5.41) is 3.73. The van der Waals surface area contributed by atoms with Crippen LogP contribution in [0.25, 0.3) is 11.0 Å². The first-order chi connectivity index (χ1) is 12.0. The molecule has 1 fully saturated rings. The third kappa shape index (κ3) is 3.79. The lowest BCUT2D eigenvalue weighted by Crippen LogP contribution is -2.46. The van der Waals surface area contributed by atoms with Crippen LogP contribution in [-0.2, 0) is 4.74 Å². The number of amides is 2. The largest absolute Gasteiger partial charge is 0.459 e. The Morgan fingerprint density at radius 3 is 2.84 bits per heavy atom. The second kappa shape index (κ2) is 7.44. The number of aryl methyl sites for hydroxylation is 1. The molecule has 5 nitrogen and oxygen atoms in total. The molecule has 0 bridgehead atoms. The summed E-state index contributed by atoms with van der Waals surface area (Å²) < 4.78 is 24.9. The van der Waals surface area contributed by atoms with Crippen molar-refractivity contribution in [2.45, 2.75) is 45.8 Å². The monoisotopic (exact) mass is 348 g/mol. The summed E-state index contributed by atoms with van der Waals surface area (Å²) in [4.78, 5) is 14.3. The summed E-state index contributed by atoms with van der Waals surface area (Å²) >= 11 is 0. The van der Waals surface area contributed by atoms with E-state index in [1.165, 1.54) is 12.1 Å². The van der Waals surface area contributed by atoms with Crippen molar-refractivity contribution < 1.29 is 18.3 Å². The maximum absolute atomic E-state index is 13.4. The number of halogens is 1. The van der Waals surface area contributed by atoms with Gasteiger partial charge in [0.2, 0.25) is 0 Å². The van der Waals surface area contributed by atoms with Crippen molar-refractivity contribution in [1.29, 1.82) is 0 Å². The number of carbonyl (C=O) groups excluding carboxylic acids is 1. The summed E-state index contributed by atoms with van der Waals surface area (Å²) in [6.07, 6.45) is 1.97. The minimum Gasteiger partial charge on any atom is -0.459 e. The van der Waals surface area contributed by atoms with Gasteiger partial charge in [0.1, 0.15) is 17.2 Å². The van der Waals surface area contributed by atoms with E-state index in [9.17, 15) is 9.18 Å².